The van der Waals surface area contributed by atoms with E-state index in [9.17, 15) is 18.7 Å². The van der Waals surface area contributed by atoms with Gasteiger partial charge in [0.05, 0.1) is 18.6 Å². The summed E-state index contributed by atoms with van der Waals surface area (Å²) in [7, 11) is 1.63. The topological polar surface area (TPSA) is 67.6 Å². The fourth-order valence-electron chi connectivity index (χ4n) is 2.99. The van der Waals surface area contributed by atoms with Gasteiger partial charge < -0.3 is 10.0 Å². The lowest BCUT2D eigenvalue weighted by Crippen LogP contribution is -2.33. The van der Waals surface area contributed by atoms with Crippen LogP contribution in [0.2, 0.25) is 0 Å². The lowest BCUT2D eigenvalue weighted by atomic mass is 10.0. The second-order valence-corrected chi connectivity index (χ2v) is 6.04. The van der Waals surface area contributed by atoms with Gasteiger partial charge in [-0.15, -0.1) is 0 Å². The smallest absolute Gasteiger partial charge is 0.223 e. The predicted octanol–water partition coefficient (Wildman–Crippen LogP) is 1.83. The summed E-state index contributed by atoms with van der Waals surface area (Å²) in [6, 6.07) is 4.81. The van der Waals surface area contributed by atoms with Crippen molar-refractivity contribution >= 4 is 5.91 Å². The Labute approximate surface area is 140 Å². The average molecular weight is 337 g/mol. The zero-order valence-corrected chi connectivity index (χ0v) is 13.6. The molecule has 2 atom stereocenters. The Morgan fingerprint density at radius 2 is 2.25 bits per heavy atom. The van der Waals surface area contributed by atoms with Crippen LogP contribution < -0.4 is 0 Å². The monoisotopic (exact) mass is 337 g/mol. The first-order valence-electron chi connectivity index (χ1n) is 7.90. The number of nitrogens with zero attached hydrogens (tertiary/aromatic N) is 3. The molecule has 1 aromatic carbocycles. The third-order valence-electron chi connectivity index (χ3n) is 4.30. The lowest BCUT2D eigenvalue weighted by molar-refractivity contribution is -0.130. The Kier molecular flexibility index (Phi) is 6.23. The number of likely N-dealkylation sites (tertiary alicyclic amines) is 1. The van der Waals surface area contributed by atoms with Gasteiger partial charge >= 0.3 is 0 Å². The van der Waals surface area contributed by atoms with Crippen LogP contribution in [0.5, 0.6) is 0 Å². The van der Waals surface area contributed by atoms with Crippen LogP contribution in [0.1, 0.15) is 30.9 Å². The Morgan fingerprint density at radius 1 is 1.50 bits per heavy atom. The summed E-state index contributed by atoms with van der Waals surface area (Å²) in [6.45, 7) is 1.02. The average Bonchev–Trinajstić information content (AvgIpc) is 2.93. The van der Waals surface area contributed by atoms with E-state index in [1.54, 1.807) is 11.9 Å². The minimum absolute atomic E-state index is 0.120. The summed E-state index contributed by atoms with van der Waals surface area (Å²) in [4.78, 5) is 15.3. The second kappa shape index (κ2) is 8.18. The van der Waals surface area contributed by atoms with Crippen LogP contribution in [-0.2, 0) is 4.79 Å². The highest BCUT2D eigenvalue weighted by molar-refractivity contribution is 5.76. The number of amides is 1. The molecule has 0 radical (unpaired) electrons. The molecule has 1 fully saturated rings. The van der Waals surface area contributed by atoms with Crippen molar-refractivity contribution in [2.75, 3.05) is 26.7 Å². The fourth-order valence-corrected chi connectivity index (χ4v) is 2.99. The van der Waals surface area contributed by atoms with Crippen molar-refractivity contribution in [2.45, 2.75) is 31.4 Å². The number of aliphatic hydroxyl groups excluding tert-OH is 1. The van der Waals surface area contributed by atoms with E-state index in [2.05, 4.69) is 0 Å². The van der Waals surface area contributed by atoms with Gasteiger partial charge in [-0.05, 0) is 24.6 Å². The van der Waals surface area contributed by atoms with Gasteiger partial charge in [0.25, 0.3) is 0 Å². The van der Waals surface area contributed by atoms with Crippen molar-refractivity contribution in [3.8, 4) is 6.07 Å². The van der Waals surface area contributed by atoms with Gasteiger partial charge in [-0.1, -0.05) is 0 Å². The number of aliphatic hydroxyl groups is 1. The normalized spacial score (nSPS) is 20.8. The number of carbonyl (C=O) groups is 1. The SMILES string of the molecule is CN(CCC#N)C(=O)CCN1CC(O)CC1c1cc(F)ccc1F. The van der Waals surface area contributed by atoms with Gasteiger partial charge in [0, 0.05) is 44.7 Å². The molecule has 1 N–H and O–H groups in total. The summed E-state index contributed by atoms with van der Waals surface area (Å²) in [5.41, 5.74) is 0.205. The van der Waals surface area contributed by atoms with E-state index < -0.39 is 23.8 Å². The summed E-state index contributed by atoms with van der Waals surface area (Å²) < 4.78 is 27.4. The minimum atomic E-state index is -0.635. The molecule has 0 bridgehead atoms. The molecule has 2 rings (SSSR count). The van der Waals surface area contributed by atoms with Gasteiger partial charge in [-0.25, -0.2) is 8.78 Å². The highest BCUT2D eigenvalue weighted by atomic mass is 19.1. The van der Waals surface area contributed by atoms with Crippen molar-refractivity contribution < 1.29 is 18.7 Å². The molecule has 24 heavy (non-hydrogen) atoms. The van der Waals surface area contributed by atoms with E-state index in [0.717, 1.165) is 18.2 Å². The molecule has 0 saturated carbocycles. The number of β-amino-alcohol motifs (C(OH)–C–C–N with tert-alkyl or cyclic N) is 1. The Hall–Kier alpha value is -2.04. The number of halogens is 2. The van der Waals surface area contributed by atoms with E-state index in [1.807, 2.05) is 6.07 Å². The fraction of sp³-hybridized carbons (Fsp3) is 0.529. The first kappa shape index (κ1) is 18.3. The van der Waals surface area contributed by atoms with Crippen LogP contribution in [0.15, 0.2) is 18.2 Å². The van der Waals surface area contributed by atoms with Crippen molar-refractivity contribution in [1.29, 1.82) is 5.26 Å². The summed E-state index contributed by atoms with van der Waals surface area (Å²) in [6.07, 6.45) is 0.131. The molecule has 1 aliphatic rings. The zero-order chi connectivity index (χ0) is 17.7. The highest BCUT2D eigenvalue weighted by Crippen LogP contribution is 2.34. The molecule has 0 spiro atoms. The van der Waals surface area contributed by atoms with Crippen molar-refractivity contribution in [1.82, 2.24) is 9.80 Å². The van der Waals surface area contributed by atoms with Crippen molar-refractivity contribution in [2.24, 2.45) is 0 Å². The quantitative estimate of drug-likeness (QED) is 0.860. The van der Waals surface area contributed by atoms with E-state index >= 15 is 0 Å². The molecule has 1 amide bonds. The minimum Gasteiger partial charge on any atom is -0.392 e. The maximum absolute atomic E-state index is 14.0. The van der Waals surface area contributed by atoms with Crippen LogP contribution in [0.4, 0.5) is 8.78 Å². The first-order chi connectivity index (χ1) is 11.4. The standard InChI is InChI=1S/C17H21F2N3O2/c1-21(7-2-6-20)17(24)5-8-22-11-13(23)10-16(22)14-9-12(18)3-4-15(14)19/h3-4,9,13,16,23H,2,5,7-8,10-11H2,1H3. The van der Waals surface area contributed by atoms with Gasteiger partial charge in [0.1, 0.15) is 11.6 Å². The second-order valence-electron chi connectivity index (χ2n) is 6.04. The lowest BCUT2D eigenvalue weighted by Gasteiger charge is -2.25. The number of carbonyl (C=O) groups excluding carboxylic acids is 1. The predicted molar refractivity (Wildman–Crippen MR) is 83.8 cm³/mol. The summed E-state index contributed by atoms with van der Waals surface area (Å²) in [5, 5.41) is 18.4. The number of hydrogen-bond acceptors (Lipinski definition) is 4. The molecule has 7 heteroatoms. The Morgan fingerprint density at radius 3 is 2.96 bits per heavy atom. The van der Waals surface area contributed by atoms with Crippen molar-refractivity contribution in [3.05, 3.63) is 35.4 Å². The van der Waals surface area contributed by atoms with E-state index in [0.29, 0.717) is 26.1 Å². The molecule has 0 aliphatic carbocycles. The Bertz CT molecular complexity index is 633. The molecule has 130 valence electrons. The van der Waals surface area contributed by atoms with E-state index in [-0.39, 0.29) is 24.3 Å². The van der Waals surface area contributed by atoms with Gasteiger partial charge in [0.2, 0.25) is 5.91 Å². The molecule has 2 unspecified atom stereocenters. The van der Waals surface area contributed by atoms with Crippen LogP contribution in [0.3, 0.4) is 0 Å². The van der Waals surface area contributed by atoms with Crippen LogP contribution >= 0.6 is 0 Å². The molecular formula is C17H21F2N3O2. The Balaban J connectivity index is 2.02. The van der Waals surface area contributed by atoms with E-state index in [1.165, 1.54) is 4.90 Å². The van der Waals surface area contributed by atoms with Gasteiger partial charge in [-0.3, -0.25) is 9.69 Å². The maximum Gasteiger partial charge on any atom is 0.223 e. The molecule has 1 aliphatic heterocycles. The summed E-state index contributed by atoms with van der Waals surface area (Å²) in [5.74, 6) is -1.16. The van der Waals surface area contributed by atoms with Crippen LogP contribution in [0, 0.1) is 23.0 Å². The van der Waals surface area contributed by atoms with Crippen molar-refractivity contribution in [3.63, 3.8) is 0 Å². The molecule has 5 nitrogen and oxygen atoms in total. The van der Waals surface area contributed by atoms with Gasteiger partial charge in [0.15, 0.2) is 0 Å². The third kappa shape index (κ3) is 4.49. The molecule has 0 aromatic heterocycles. The largest absolute Gasteiger partial charge is 0.392 e. The van der Waals surface area contributed by atoms with Crippen LogP contribution in [-0.4, -0.2) is 53.6 Å². The third-order valence-corrected chi connectivity index (χ3v) is 4.30. The molecule has 1 aromatic rings. The summed E-state index contributed by atoms with van der Waals surface area (Å²) >= 11 is 0. The zero-order valence-electron chi connectivity index (χ0n) is 13.6. The molecule has 1 heterocycles. The molecule has 1 saturated heterocycles. The number of nitriles is 1. The highest BCUT2D eigenvalue weighted by Gasteiger charge is 2.34. The van der Waals surface area contributed by atoms with E-state index in [4.69, 9.17) is 5.26 Å². The first-order valence-corrected chi connectivity index (χ1v) is 7.90. The maximum atomic E-state index is 14.0. The molecular weight excluding hydrogens is 316 g/mol. The number of benzene rings is 1. The van der Waals surface area contributed by atoms with Gasteiger partial charge in [-0.2, -0.15) is 5.26 Å². The number of hydrogen-bond donors (Lipinski definition) is 1. The van der Waals surface area contributed by atoms with Crippen LogP contribution in [0.25, 0.3) is 0 Å². The number of rotatable bonds is 6.